The smallest absolute Gasteiger partial charge is 0.311 e. The molecule has 124 valence electrons. The summed E-state index contributed by atoms with van der Waals surface area (Å²) in [4.78, 5) is 39.3. The van der Waals surface area contributed by atoms with Crippen molar-refractivity contribution in [2.75, 3.05) is 11.9 Å². The SMILES string of the molecule is CN(C(=O)c1cc2c(=O)n(C)c(=O)n(C)c2s1)c1cccc(Cl)c1. The molecule has 3 rings (SSSR count). The van der Waals surface area contributed by atoms with E-state index >= 15 is 0 Å². The molecule has 2 aromatic heterocycles. The average Bonchev–Trinajstić information content (AvgIpc) is 3.02. The van der Waals surface area contributed by atoms with Crippen molar-refractivity contribution in [3.05, 3.63) is 61.1 Å². The summed E-state index contributed by atoms with van der Waals surface area (Å²) in [5, 5.41) is 0.882. The van der Waals surface area contributed by atoms with Gasteiger partial charge in [-0.3, -0.25) is 18.7 Å². The third-order valence-electron chi connectivity index (χ3n) is 3.84. The summed E-state index contributed by atoms with van der Waals surface area (Å²) >= 11 is 7.08. The van der Waals surface area contributed by atoms with Crippen molar-refractivity contribution >= 4 is 44.7 Å². The molecule has 8 heteroatoms. The number of thiophene rings is 1. The summed E-state index contributed by atoms with van der Waals surface area (Å²) in [7, 11) is 4.63. The zero-order chi connectivity index (χ0) is 17.6. The van der Waals surface area contributed by atoms with Gasteiger partial charge in [0.25, 0.3) is 11.5 Å². The first-order chi connectivity index (χ1) is 11.3. The lowest BCUT2D eigenvalue weighted by Crippen LogP contribution is -2.36. The second-order valence-corrected chi connectivity index (χ2v) is 6.85. The Morgan fingerprint density at radius 1 is 1.17 bits per heavy atom. The highest BCUT2D eigenvalue weighted by Gasteiger charge is 2.20. The molecule has 0 fully saturated rings. The van der Waals surface area contributed by atoms with Crippen LogP contribution < -0.4 is 16.1 Å². The molecule has 0 saturated carbocycles. The number of benzene rings is 1. The first kappa shape index (κ1) is 16.5. The maximum Gasteiger partial charge on any atom is 0.331 e. The largest absolute Gasteiger partial charge is 0.331 e. The first-order valence-corrected chi connectivity index (χ1v) is 8.24. The maximum absolute atomic E-state index is 12.7. The van der Waals surface area contributed by atoms with E-state index in [2.05, 4.69) is 0 Å². The molecule has 1 amide bonds. The Bertz CT molecular complexity index is 1080. The van der Waals surface area contributed by atoms with Crippen molar-refractivity contribution in [3.8, 4) is 0 Å². The highest BCUT2D eigenvalue weighted by atomic mass is 35.5. The van der Waals surface area contributed by atoms with Crippen molar-refractivity contribution in [3.63, 3.8) is 0 Å². The number of carbonyl (C=O) groups is 1. The minimum atomic E-state index is -0.420. The van der Waals surface area contributed by atoms with Gasteiger partial charge in [-0.25, -0.2) is 4.79 Å². The Labute approximate surface area is 146 Å². The van der Waals surface area contributed by atoms with Gasteiger partial charge in [0, 0.05) is 31.9 Å². The van der Waals surface area contributed by atoms with E-state index in [1.54, 1.807) is 38.4 Å². The van der Waals surface area contributed by atoms with Crippen LogP contribution in [0, 0.1) is 0 Å². The summed E-state index contributed by atoms with van der Waals surface area (Å²) in [6.07, 6.45) is 0. The van der Waals surface area contributed by atoms with Crippen LogP contribution in [-0.2, 0) is 14.1 Å². The first-order valence-electron chi connectivity index (χ1n) is 7.04. The van der Waals surface area contributed by atoms with Crippen molar-refractivity contribution in [1.29, 1.82) is 0 Å². The van der Waals surface area contributed by atoms with E-state index in [1.165, 1.54) is 22.6 Å². The lowest BCUT2D eigenvalue weighted by molar-refractivity contribution is 0.0997. The van der Waals surface area contributed by atoms with Crippen LogP contribution in [0.2, 0.25) is 5.02 Å². The minimum absolute atomic E-state index is 0.270. The van der Waals surface area contributed by atoms with Gasteiger partial charge in [0.2, 0.25) is 0 Å². The molecule has 0 bridgehead atoms. The number of hydrogen-bond acceptors (Lipinski definition) is 4. The van der Waals surface area contributed by atoms with E-state index in [1.807, 2.05) is 0 Å². The standard InChI is InChI=1S/C16H14ClN3O3S/c1-18(10-6-4-5-9(17)7-10)14(22)12-8-11-13(21)19(2)16(23)20(3)15(11)24-12/h4-8H,1-3H3. The van der Waals surface area contributed by atoms with Gasteiger partial charge < -0.3 is 4.90 Å². The lowest BCUT2D eigenvalue weighted by Gasteiger charge is -2.16. The summed E-state index contributed by atoms with van der Waals surface area (Å²) < 4.78 is 2.40. The predicted molar refractivity (Wildman–Crippen MR) is 96.5 cm³/mol. The fourth-order valence-electron chi connectivity index (χ4n) is 2.44. The van der Waals surface area contributed by atoms with Gasteiger partial charge >= 0.3 is 5.69 Å². The monoisotopic (exact) mass is 363 g/mol. The number of rotatable bonds is 2. The van der Waals surface area contributed by atoms with Crippen LogP contribution in [0.4, 0.5) is 5.69 Å². The van der Waals surface area contributed by atoms with Gasteiger partial charge in [0.05, 0.1) is 10.3 Å². The Morgan fingerprint density at radius 3 is 2.54 bits per heavy atom. The molecule has 0 aliphatic carbocycles. The fourth-order valence-corrected chi connectivity index (χ4v) is 3.70. The molecule has 0 unspecified atom stereocenters. The Kier molecular flexibility index (Phi) is 4.06. The lowest BCUT2D eigenvalue weighted by atomic mass is 10.2. The molecule has 0 aliphatic heterocycles. The quantitative estimate of drug-likeness (QED) is 0.701. The van der Waals surface area contributed by atoms with Gasteiger partial charge in [-0.1, -0.05) is 17.7 Å². The van der Waals surface area contributed by atoms with Gasteiger partial charge in [-0.15, -0.1) is 11.3 Å². The minimum Gasteiger partial charge on any atom is -0.311 e. The van der Waals surface area contributed by atoms with Crippen LogP contribution in [0.1, 0.15) is 9.67 Å². The molecule has 0 atom stereocenters. The van der Waals surface area contributed by atoms with Crippen molar-refractivity contribution in [2.24, 2.45) is 14.1 Å². The number of aromatic nitrogens is 2. The number of anilines is 1. The van der Waals surface area contributed by atoms with Crippen LogP contribution in [0.25, 0.3) is 10.2 Å². The zero-order valence-electron chi connectivity index (χ0n) is 13.2. The van der Waals surface area contributed by atoms with Crippen LogP contribution >= 0.6 is 22.9 Å². The number of amides is 1. The number of fused-ring (bicyclic) bond motifs is 1. The van der Waals surface area contributed by atoms with E-state index in [-0.39, 0.29) is 5.91 Å². The third-order valence-corrected chi connectivity index (χ3v) is 5.27. The Hall–Kier alpha value is -2.38. The van der Waals surface area contributed by atoms with Crippen molar-refractivity contribution in [2.45, 2.75) is 0 Å². The zero-order valence-corrected chi connectivity index (χ0v) is 14.8. The molecule has 0 radical (unpaired) electrons. The van der Waals surface area contributed by atoms with Crippen molar-refractivity contribution in [1.82, 2.24) is 9.13 Å². The highest BCUT2D eigenvalue weighted by Crippen LogP contribution is 2.25. The van der Waals surface area contributed by atoms with Crippen LogP contribution in [0.3, 0.4) is 0 Å². The number of hydrogen-bond donors (Lipinski definition) is 0. The highest BCUT2D eigenvalue weighted by molar-refractivity contribution is 7.20. The van der Waals surface area contributed by atoms with E-state index in [9.17, 15) is 14.4 Å². The van der Waals surface area contributed by atoms with E-state index < -0.39 is 11.2 Å². The Morgan fingerprint density at radius 2 is 1.88 bits per heavy atom. The molecule has 0 N–H and O–H groups in total. The average molecular weight is 364 g/mol. The summed E-state index contributed by atoms with van der Waals surface area (Å²) in [5.41, 5.74) is -0.183. The molecule has 0 aliphatic rings. The fraction of sp³-hybridized carbons (Fsp3) is 0.188. The molecule has 2 heterocycles. The van der Waals surface area contributed by atoms with Crippen LogP contribution in [0.15, 0.2) is 39.9 Å². The van der Waals surface area contributed by atoms with E-state index in [0.717, 1.165) is 15.9 Å². The molecule has 0 saturated heterocycles. The van der Waals surface area contributed by atoms with Crippen LogP contribution in [-0.4, -0.2) is 22.1 Å². The van der Waals surface area contributed by atoms with Crippen LogP contribution in [0.5, 0.6) is 0 Å². The van der Waals surface area contributed by atoms with Gasteiger partial charge in [0.1, 0.15) is 4.83 Å². The number of carbonyl (C=O) groups excluding carboxylic acids is 1. The van der Waals surface area contributed by atoms with E-state index in [0.29, 0.717) is 25.8 Å². The predicted octanol–water partition coefficient (Wildman–Crippen LogP) is 2.23. The van der Waals surface area contributed by atoms with E-state index in [4.69, 9.17) is 11.6 Å². The molecular formula is C16H14ClN3O3S. The second kappa shape index (κ2) is 5.92. The topological polar surface area (TPSA) is 64.3 Å². The molecule has 0 spiro atoms. The number of nitrogens with zero attached hydrogens (tertiary/aromatic N) is 3. The maximum atomic E-state index is 12.7. The molecule has 3 aromatic rings. The summed E-state index contributed by atoms with van der Waals surface area (Å²) in [6.45, 7) is 0. The normalized spacial score (nSPS) is 11.0. The van der Waals surface area contributed by atoms with Gasteiger partial charge in [-0.05, 0) is 24.3 Å². The number of aryl methyl sites for hydroxylation is 1. The molecule has 24 heavy (non-hydrogen) atoms. The summed E-state index contributed by atoms with van der Waals surface area (Å²) in [6, 6.07) is 8.46. The second-order valence-electron chi connectivity index (χ2n) is 5.38. The molecular weight excluding hydrogens is 350 g/mol. The van der Waals surface area contributed by atoms with Crippen molar-refractivity contribution < 1.29 is 4.79 Å². The molecule has 6 nitrogen and oxygen atoms in total. The van der Waals surface area contributed by atoms with Gasteiger partial charge in [0.15, 0.2) is 0 Å². The summed E-state index contributed by atoms with van der Waals surface area (Å²) in [5.74, 6) is -0.270. The number of halogens is 1. The van der Waals surface area contributed by atoms with Gasteiger partial charge in [-0.2, -0.15) is 0 Å². The Balaban J connectivity index is 2.12. The third kappa shape index (κ3) is 2.55. The molecule has 1 aromatic carbocycles.